The number of hydrogen-bond acceptors (Lipinski definition) is 30. The number of aryl methyl sites for hydroxylation is 1. The molecular formula is C95H100ClN5O29S3. The highest BCUT2D eigenvalue weighted by Crippen LogP contribution is 2.37. The van der Waals surface area contributed by atoms with E-state index in [4.69, 9.17) is 64.7 Å². The predicted molar refractivity (Wildman–Crippen MR) is 494 cm³/mol. The normalized spacial score (nSPS) is 14.2. The number of anilines is 5. The lowest BCUT2D eigenvalue weighted by Crippen LogP contribution is -2.23. The summed E-state index contributed by atoms with van der Waals surface area (Å²) in [6.07, 6.45) is 7.84. The van der Waals surface area contributed by atoms with Gasteiger partial charge in [0.05, 0.1) is 155 Å². The molecule has 0 fully saturated rings. The number of rotatable bonds is 31. The number of fused-ring (bicyclic) bond motifs is 6. The van der Waals surface area contributed by atoms with Gasteiger partial charge in [-0.1, -0.05) is 102 Å². The van der Waals surface area contributed by atoms with E-state index < -0.39 is 70.6 Å². The number of benzene rings is 7. The van der Waals surface area contributed by atoms with E-state index in [1.54, 1.807) is 155 Å². The lowest BCUT2D eigenvalue weighted by atomic mass is 9.92. The monoisotopic (exact) mass is 1910 g/mol. The molecule has 0 bridgehead atoms. The van der Waals surface area contributed by atoms with Crippen LogP contribution >= 0.6 is 11.6 Å². The van der Waals surface area contributed by atoms with Crippen molar-refractivity contribution in [3.8, 4) is 0 Å². The first-order chi connectivity index (χ1) is 62.6. The van der Waals surface area contributed by atoms with Gasteiger partial charge in [0.2, 0.25) is 66.4 Å². The van der Waals surface area contributed by atoms with Crippen molar-refractivity contribution in [1.29, 1.82) is 0 Å². The molecule has 704 valence electrons. The van der Waals surface area contributed by atoms with E-state index in [2.05, 4.69) is 19.5 Å². The molecule has 0 aliphatic heterocycles. The number of sulfonamides is 3. The highest BCUT2D eigenvalue weighted by atomic mass is 35.5. The molecule has 38 heteroatoms. The number of allylic oxidation sites excluding steroid dienone is 11. The Morgan fingerprint density at radius 1 is 0.346 bits per heavy atom. The molecule has 6 aliphatic carbocycles. The van der Waals surface area contributed by atoms with Crippen molar-refractivity contribution in [2.24, 2.45) is 0 Å². The molecule has 0 aromatic heterocycles. The maximum atomic E-state index is 12.8. The van der Waals surface area contributed by atoms with E-state index in [9.17, 15) is 87.6 Å². The van der Waals surface area contributed by atoms with Gasteiger partial charge in [0.25, 0.3) is 10.0 Å². The Labute approximate surface area is 773 Å². The third-order valence-electron chi connectivity index (χ3n) is 18.2. The summed E-state index contributed by atoms with van der Waals surface area (Å²) in [5, 5.41) is 2.84. The number of nitrogens with one attached hydrogen (secondary N) is 4. The first-order valence-corrected chi connectivity index (χ1v) is 46.8. The van der Waals surface area contributed by atoms with Crippen LogP contribution in [0, 0.1) is 6.92 Å². The summed E-state index contributed by atoms with van der Waals surface area (Å²) < 4.78 is 131. The van der Waals surface area contributed by atoms with Crippen LogP contribution in [-0.2, 0) is 87.0 Å². The van der Waals surface area contributed by atoms with Crippen molar-refractivity contribution >= 4 is 151 Å². The predicted octanol–water partition coefficient (Wildman–Crippen LogP) is 13.4. The average Bonchev–Trinajstić information content (AvgIpc) is 0.763. The van der Waals surface area contributed by atoms with Gasteiger partial charge in [-0.3, -0.25) is 76.5 Å². The molecule has 0 spiro atoms. The lowest BCUT2D eigenvalue weighted by molar-refractivity contribution is -0.114. The number of amides is 1. The van der Waals surface area contributed by atoms with Gasteiger partial charge in [0.15, 0.2) is 57.7 Å². The first-order valence-electron chi connectivity index (χ1n) is 41.2. The van der Waals surface area contributed by atoms with Crippen LogP contribution in [0.4, 0.5) is 28.4 Å². The molecule has 6 aliphatic rings. The van der Waals surface area contributed by atoms with Gasteiger partial charge in [0.1, 0.15) is 12.4 Å². The van der Waals surface area contributed by atoms with Gasteiger partial charge in [0, 0.05) is 89.6 Å². The van der Waals surface area contributed by atoms with Gasteiger partial charge < -0.3 is 58.4 Å². The zero-order valence-electron chi connectivity index (χ0n) is 75.2. The third-order valence-corrected chi connectivity index (χ3v) is 21.1. The molecule has 7 aromatic carbocycles. The zero-order chi connectivity index (χ0) is 98.3. The average molecular weight is 1910 g/mol. The molecule has 0 atom stereocenters. The van der Waals surface area contributed by atoms with Crippen molar-refractivity contribution in [2.75, 3.05) is 97.7 Å². The SMILES string of the molecule is CC(=O)Nc1cccc2c1C(=O)C(OC(C)C)=CC2=O.CC(C)OC1=CC(=O)c2cccc(Cl)c2C1=O.CC(C)OC1=CC(=O)c2cccc(N)c2C1=O.CC(C)OC1=CC(=O)c2cccc(NS(C)(=O)=O)c2C1=O.COCCOCCOCCOCCOC1=CC(=O)C(=O)c2c(NS(C)(=O)=O)cccc21.Cc1ccc(S(=O)(=O)Nc2cccc3c2C(=O)C(OC(C)C)=CC3=O)cc1. The number of ketones is 12. The van der Waals surface area contributed by atoms with Crippen LogP contribution in [0.15, 0.2) is 204 Å². The van der Waals surface area contributed by atoms with E-state index >= 15 is 0 Å². The fourth-order valence-corrected chi connectivity index (χ4v) is 15.4. The van der Waals surface area contributed by atoms with Crippen molar-refractivity contribution in [2.45, 2.75) is 119 Å². The van der Waals surface area contributed by atoms with E-state index in [0.717, 1.165) is 36.3 Å². The molecule has 7 aromatic rings. The number of halogens is 1. The molecule has 34 nitrogen and oxygen atoms in total. The van der Waals surface area contributed by atoms with Crippen LogP contribution in [0.3, 0.4) is 0 Å². The number of hydrogen-bond donors (Lipinski definition) is 5. The van der Waals surface area contributed by atoms with Crippen LogP contribution in [0.1, 0.15) is 201 Å². The Kier molecular flexibility index (Phi) is 37.1. The Balaban J connectivity index is 0.000000199. The van der Waals surface area contributed by atoms with Crippen LogP contribution < -0.4 is 25.2 Å². The molecule has 0 unspecified atom stereocenters. The minimum absolute atomic E-state index is 0.00339. The third kappa shape index (κ3) is 29.0. The number of Topliss-reactive ketones (excluding diaryl/α,β-unsaturated/α-hetero) is 6. The molecule has 13 rings (SSSR count). The maximum absolute atomic E-state index is 12.8. The highest BCUT2D eigenvalue weighted by molar-refractivity contribution is 7.93. The number of nitrogens with two attached hydrogens (primary N) is 1. The summed E-state index contributed by atoms with van der Waals surface area (Å²) in [5.41, 5.74) is 9.68. The quantitative estimate of drug-likeness (QED) is 0.0153. The second-order valence-corrected chi connectivity index (χ2v) is 36.5. The zero-order valence-corrected chi connectivity index (χ0v) is 78.4. The fourth-order valence-electron chi connectivity index (χ4n) is 12.9. The minimum atomic E-state index is -3.92. The van der Waals surface area contributed by atoms with Crippen LogP contribution in [0.2, 0.25) is 5.02 Å². The molecule has 0 saturated carbocycles. The molecule has 0 saturated heterocycles. The first kappa shape index (κ1) is 105. The number of ether oxygens (including phenoxy) is 10. The fraction of sp³-hybridized carbons (Fsp3) is 0.295. The summed E-state index contributed by atoms with van der Waals surface area (Å²) in [6, 6.07) is 34.2. The van der Waals surface area contributed by atoms with Crippen LogP contribution in [-0.4, -0.2) is 204 Å². The van der Waals surface area contributed by atoms with Crippen LogP contribution in [0.25, 0.3) is 5.76 Å². The molecule has 1 amide bonds. The van der Waals surface area contributed by atoms with E-state index in [0.29, 0.717) is 67.7 Å². The molecule has 6 N–H and O–H groups in total. The van der Waals surface area contributed by atoms with Crippen molar-refractivity contribution < 1.29 is 135 Å². The largest absolute Gasteiger partial charge is 0.490 e. The summed E-state index contributed by atoms with van der Waals surface area (Å²) in [4.78, 5) is 158. The summed E-state index contributed by atoms with van der Waals surface area (Å²) in [7, 11) is -9.51. The van der Waals surface area contributed by atoms with Gasteiger partial charge in [-0.05, 0) is 125 Å². The number of carbonyl (C=O) groups excluding carboxylic acids is 13. The standard InChI is InChI=1S/C20H27NO9S.C20H19NO5S.C15H15NO4.C14H15NO5S.C13H11ClO3.C13H13NO3/c1-26-6-7-27-8-9-28-10-11-29-12-13-30-18-14-17(22)20(23)19-15(18)4-3-5-16(19)21-31(2,24)25;1-12(2)26-18-11-17(22)15-5-4-6-16(19(15)20(18)23)21-27(24,25)14-9-7-13(3)8-10-14;1-8(2)20-13-7-12(18)10-5-4-6-11(16-9(3)17)14(10)15(13)19;1-8(2)20-12-7-11(16)9-5-4-6-10(13(9)14(12)17)15-21(3,18)19;2*1-7(2)17-11-6-10(15)8-4-3-5-9(14)12(8)13(11)16/h3-5,14,21H,6-13H2,1-2H3;4-12,21H,1-3H3;4-8H,1-3H3,(H,16,17);4-8,15H,1-3H3;3-7H,1-2H3;3-7H,14H2,1-2H3. The summed E-state index contributed by atoms with van der Waals surface area (Å²) in [5.74, 6) is -5.43. The lowest BCUT2D eigenvalue weighted by Gasteiger charge is -2.20. The number of methoxy groups -OCH3 is 1. The van der Waals surface area contributed by atoms with E-state index in [1.165, 1.54) is 79.7 Å². The number of nitrogen functional groups attached to an aromatic ring is 1. The Hall–Kier alpha value is -13.5. The topological polar surface area (TPSA) is 491 Å². The molecule has 133 heavy (non-hydrogen) atoms. The van der Waals surface area contributed by atoms with Crippen molar-refractivity contribution in [1.82, 2.24) is 0 Å². The summed E-state index contributed by atoms with van der Waals surface area (Å²) >= 11 is 5.95. The smallest absolute Gasteiger partial charge is 0.261 e. The second kappa shape index (κ2) is 47.0. The highest BCUT2D eigenvalue weighted by Gasteiger charge is 2.37. The Morgan fingerprint density at radius 3 is 1.01 bits per heavy atom. The van der Waals surface area contributed by atoms with E-state index in [-0.39, 0.29) is 190 Å². The molecule has 0 heterocycles. The van der Waals surface area contributed by atoms with Crippen LogP contribution in [0.5, 0.6) is 0 Å². The Morgan fingerprint density at radius 2 is 0.639 bits per heavy atom. The van der Waals surface area contributed by atoms with Gasteiger partial charge >= 0.3 is 0 Å². The van der Waals surface area contributed by atoms with E-state index in [1.807, 2.05) is 6.92 Å². The number of carbonyl (C=O) groups is 13. The van der Waals surface area contributed by atoms with Gasteiger partial charge in [-0.2, -0.15) is 0 Å². The van der Waals surface area contributed by atoms with Gasteiger partial charge in [-0.15, -0.1) is 0 Å². The maximum Gasteiger partial charge on any atom is 0.261 e. The van der Waals surface area contributed by atoms with Crippen molar-refractivity contribution in [3.05, 3.63) is 276 Å². The minimum Gasteiger partial charge on any atom is -0.490 e. The second-order valence-electron chi connectivity index (χ2n) is 30.9. The molecular weight excluding hydrogens is 1810 g/mol. The van der Waals surface area contributed by atoms with Crippen molar-refractivity contribution in [3.63, 3.8) is 0 Å². The molecule has 0 radical (unpaired) electrons. The van der Waals surface area contributed by atoms with Gasteiger partial charge in [-0.25, -0.2) is 25.3 Å². The summed E-state index contributed by atoms with van der Waals surface area (Å²) in [6.45, 7) is 24.0. The Bertz CT molecular complexity index is 6220.